The van der Waals surface area contributed by atoms with Crippen LogP contribution in [0.15, 0.2) is 59.1 Å². The summed E-state index contributed by atoms with van der Waals surface area (Å²) in [5, 5.41) is 12.6. The summed E-state index contributed by atoms with van der Waals surface area (Å²) in [7, 11) is 0. The molecule has 36 heavy (non-hydrogen) atoms. The Labute approximate surface area is 222 Å². The molecule has 0 saturated heterocycles. The lowest BCUT2D eigenvalue weighted by Crippen LogP contribution is -2.25. The first kappa shape index (κ1) is 27.5. The van der Waals surface area contributed by atoms with Crippen molar-refractivity contribution in [1.82, 2.24) is 15.3 Å². The summed E-state index contributed by atoms with van der Waals surface area (Å²) in [4.78, 5) is 34.6. The summed E-state index contributed by atoms with van der Waals surface area (Å²) in [6.07, 6.45) is 1.65. The van der Waals surface area contributed by atoms with Crippen molar-refractivity contribution in [2.45, 2.75) is 26.8 Å². The summed E-state index contributed by atoms with van der Waals surface area (Å²) >= 11 is 13.2. The summed E-state index contributed by atoms with van der Waals surface area (Å²) in [6.45, 7) is 3.15. The van der Waals surface area contributed by atoms with Gasteiger partial charge in [-0.15, -0.1) is 0 Å². The van der Waals surface area contributed by atoms with Crippen LogP contribution >= 0.6 is 35.0 Å². The molecule has 0 saturated carbocycles. The first-order valence-electron chi connectivity index (χ1n) is 10.8. The fourth-order valence-corrected chi connectivity index (χ4v) is 4.34. The Morgan fingerprint density at radius 3 is 2.61 bits per heavy atom. The molecular formula is C25H24Cl2N4O4S. The van der Waals surface area contributed by atoms with Gasteiger partial charge in [-0.3, -0.25) is 9.59 Å². The number of thioether (sulfide) groups is 1. The number of nitrogens with two attached hydrogens (primary N) is 1. The smallest absolute Gasteiger partial charge is 0.247 e. The highest BCUT2D eigenvalue weighted by Crippen LogP contribution is 2.36. The Kier molecular flexibility index (Phi) is 9.72. The zero-order chi connectivity index (χ0) is 26.2. The van der Waals surface area contributed by atoms with Crippen LogP contribution in [0.1, 0.15) is 35.1 Å². The molecule has 2 aromatic carbocycles. The SMILES string of the molecule is C/C(C(=O)NCc1cnc(C)nc1N)=C(\CCO)SC(=O)c1cc(Cl)ccc1Oc1ccccc1Cl. The van der Waals surface area contributed by atoms with E-state index in [9.17, 15) is 14.7 Å². The van der Waals surface area contributed by atoms with Crippen molar-refractivity contribution in [3.63, 3.8) is 0 Å². The van der Waals surface area contributed by atoms with Crippen LogP contribution in [0.3, 0.4) is 0 Å². The van der Waals surface area contributed by atoms with Crippen LogP contribution in [0.25, 0.3) is 0 Å². The van der Waals surface area contributed by atoms with E-state index in [1.165, 1.54) is 6.07 Å². The number of nitrogens with one attached hydrogen (secondary N) is 1. The van der Waals surface area contributed by atoms with E-state index in [-0.39, 0.29) is 42.3 Å². The molecule has 1 aromatic heterocycles. The van der Waals surface area contributed by atoms with Crippen LogP contribution in [0.4, 0.5) is 5.82 Å². The summed E-state index contributed by atoms with van der Waals surface area (Å²) in [5.74, 6) is 1.01. The number of hydrogen-bond acceptors (Lipinski definition) is 8. The van der Waals surface area contributed by atoms with E-state index < -0.39 is 11.0 Å². The molecule has 0 aliphatic carbocycles. The third-order valence-corrected chi connectivity index (χ3v) is 6.70. The zero-order valence-corrected chi connectivity index (χ0v) is 21.9. The molecule has 1 amide bonds. The first-order valence-corrected chi connectivity index (χ1v) is 12.4. The second-order valence-corrected chi connectivity index (χ2v) is 9.51. The van der Waals surface area contributed by atoms with Crippen LogP contribution < -0.4 is 15.8 Å². The van der Waals surface area contributed by atoms with Crippen molar-refractivity contribution in [2.24, 2.45) is 0 Å². The van der Waals surface area contributed by atoms with Crippen LogP contribution in [0, 0.1) is 6.92 Å². The minimum Gasteiger partial charge on any atom is -0.455 e. The highest BCUT2D eigenvalue weighted by Gasteiger charge is 2.20. The highest BCUT2D eigenvalue weighted by atomic mass is 35.5. The van der Waals surface area contributed by atoms with Crippen LogP contribution in [-0.4, -0.2) is 32.7 Å². The van der Waals surface area contributed by atoms with Crippen LogP contribution in [-0.2, 0) is 11.3 Å². The normalized spacial score (nSPS) is 11.6. The predicted molar refractivity (Wildman–Crippen MR) is 142 cm³/mol. The number of anilines is 1. The number of carbonyl (C=O) groups excluding carboxylic acids is 2. The molecule has 0 atom stereocenters. The molecule has 0 spiro atoms. The minimum atomic E-state index is -0.419. The van der Waals surface area contributed by atoms with E-state index in [0.717, 1.165) is 11.8 Å². The number of aliphatic hydroxyl groups is 1. The molecule has 0 aliphatic heterocycles. The average Bonchev–Trinajstić information content (AvgIpc) is 2.85. The number of ether oxygens (including phenoxy) is 1. The molecule has 1 heterocycles. The molecule has 11 heteroatoms. The van der Waals surface area contributed by atoms with E-state index >= 15 is 0 Å². The van der Waals surface area contributed by atoms with Crippen molar-refractivity contribution in [3.05, 3.63) is 86.1 Å². The van der Waals surface area contributed by atoms with Gasteiger partial charge in [-0.2, -0.15) is 0 Å². The number of nitrogens with zero attached hydrogens (tertiary/aromatic N) is 2. The van der Waals surface area contributed by atoms with E-state index in [1.54, 1.807) is 56.4 Å². The third-order valence-electron chi connectivity index (χ3n) is 4.99. The van der Waals surface area contributed by atoms with Crippen LogP contribution in [0.5, 0.6) is 11.5 Å². The Morgan fingerprint density at radius 1 is 1.17 bits per heavy atom. The lowest BCUT2D eigenvalue weighted by atomic mass is 10.2. The fraction of sp³-hybridized carbons (Fsp3) is 0.200. The maximum atomic E-state index is 13.3. The van der Waals surface area contributed by atoms with Gasteiger partial charge in [0.15, 0.2) is 0 Å². The number of rotatable bonds is 9. The van der Waals surface area contributed by atoms with Gasteiger partial charge in [-0.1, -0.05) is 47.1 Å². The molecule has 8 nitrogen and oxygen atoms in total. The van der Waals surface area contributed by atoms with Gasteiger partial charge < -0.3 is 20.9 Å². The molecule has 3 aromatic rings. The zero-order valence-electron chi connectivity index (χ0n) is 19.5. The molecule has 188 valence electrons. The number of aromatic nitrogens is 2. The molecule has 3 rings (SSSR count). The molecule has 4 N–H and O–H groups in total. The number of benzene rings is 2. The molecule has 0 aliphatic rings. The van der Waals surface area contributed by atoms with Crippen molar-refractivity contribution < 1.29 is 19.4 Å². The fourth-order valence-electron chi connectivity index (χ4n) is 3.06. The van der Waals surface area contributed by atoms with Gasteiger partial charge in [-0.05, 0) is 44.2 Å². The minimum absolute atomic E-state index is 0.104. The maximum Gasteiger partial charge on any atom is 0.247 e. The number of nitrogen functional groups attached to an aromatic ring is 1. The standard InChI is InChI=1S/C25H24Cl2N4O4S/c1-14(24(33)30-13-16-12-29-15(2)31-23(16)28)22(9-10-32)36-25(34)18-11-17(26)7-8-20(18)35-21-6-4-3-5-19(21)27/h3-8,11-12,32H,9-10,13H2,1-2H3,(H,30,33)(H2,28,29,31)/b22-14-. The van der Waals surface area contributed by atoms with Crippen LogP contribution in [0.2, 0.25) is 10.0 Å². The predicted octanol–water partition coefficient (Wildman–Crippen LogP) is 5.31. The van der Waals surface area contributed by atoms with Gasteiger partial charge >= 0.3 is 0 Å². The Balaban J connectivity index is 1.81. The molecule has 0 unspecified atom stereocenters. The second-order valence-electron chi connectivity index (χ2n) is 7.59. The number of hydrogen-bond donors (Lipinski definition) is 3. The number of para-hydroxylation sites is 1. The summed E-state index contributed by atoms with van der Waals surface area (Å²) in [6, 6.07) is 11.5. The number of halogens is 2. The maximum absolute atomic E-state index is 13.3. The Bertz CT molecular complexity index is 1320. The topological polar surface area (TPSA) is 127 Å². The summed E-state index contributed by atoms with van der Waals surface area (Å²) in [5.41, 5.74) is 6.93. The van der Waals surface area contributed by atoms with Gasteiger partial charge in [0.2, 0.25) is 11.0 Å². The van der Waals surface area contributed by atoms with Gasteiger partial charge in [0.05, 0.1) is 10.6 Å². The largest absolute Gasteiger partial charge is 0.455 e. The molecular weight excluding hydrogens is 523 g/mol. The number of aliphatic hydroxyl groups excluding tert-OH is 1. The van der Waals surface area contributed by atoms with Gasteiger partial charge in [0, 0.05) is 46.8 Å². The van der Waals surface area contributed by atoms with Crippen molar-refractivity contribution in [2.75, 3.05) is 12.3 Å². The van der Waals surface area contributed by atoms with Gasteiger partial charge in [-0.25, -0.2) is 9.97 Å². The van der Waals surface area contributed by atoms with Crippen molar-refractivity contribution >= 4 is 51.8 Å². The Morgan fingerprint density at radius 2 is 1.92 bits per heavy atom. The number of amides is 1. The lowest BCUT2D eigenvalue weighted by molar-refractivity contribution is -0.117. The van der Waals surface area contributed by atoms with E-state index in [4.69, 9.17) is 33.7 Å². The molecule has 0 bridgehead atoms. The third kappa shape index (κ3) is 7.20. The van der Waals surface area contributed by atoms with Crippen molar-refractivity contribution in [3.8, 4) is 11.5 Å². The number of aryl methyl sites for hydroxylation is 1. The highest BCUT2D eigenvalue weighted by molar-refractivity contribution is 8.17. The van der Waals surface area contributed by atoms with E-state index in [2.05, 4.69) is 15.3 Å². The monoisotopic (exact) mass is 546 g/mol. The molecule has 0 fully saturated rings. The van der Waals surface area contributed by atoms with Crippen molar-refractivity contribution in [1.29, 1.82) is 0 Å². The second kappa shape index (κ2) is 12.7. The summed E-state index contributed by atoms with van der Waals surface area (Å²) < 4.78 is 5.88. The van der Waals surface area contributed by atoms with E-state index in [1.807, 2.05) is 0 Å². The van der Waals surface area contributed by atoms with Gasteiger partial charge in [0.25, 0.3) is 0 Å². The molecule has 0 radical (unpaired) electrons. The quantitative estimate of drug-likeness (QED) is 0.308. The van der Waals surface area contributed by atoms with Gasteiger partial charge in [0.1, 0.15) is 23.1 Å². The Hall–Kier alpha value is -3.11. The average molecular weight is 547 g/mol. The number of carbonyl (C=O) groups is 2. The lowest BCUT2D eigenvalue weighted by Gasteiger charge is -2.14. The van der Waals surface area contributed by atoms with E-state index in [0.29, 0.717) is 32.1 Å². The first-order chi connectivity index (χ1) is 17.2.